The van der Waals surface area contributed by atoms with Crippen molar-refractivity contribution in [1.29, 1.82) is 0 Å². The Kier molecular flexibility index (Phi) is 3.21. The van der Waals surface area contributed by atoms with E-state index in [-0.39, 0.29) is 10.8 Å². The van der Waals surface area contributed by atoms with Crippen LogP contribution in [0.15, 0.2) is 36.1 Å². The van der Waals surface area contributed by atoms with E-state index in [1.165, 1.54) is 5.57 Å². The summed E-state index contributed by atoms with van der Waals surface area (Å²) >= 11 is 0. The van der Waals surface area contributed by atoms with Gasteiger partial charge in [-0.1, -0.05) is 19.6 Å². The third-order valence-electron chi connectivity index (χ3n) is 7.92. The maximum absolute atomic E-state index is 12.5. The fourth-order valence-corrected chi connectivity index (χ4v) is 6.61. The largest absolute Gasteiger partial charge is 0.508 e. The highest BCUT2D eigenvalue weighted by Crippen LogP contribution is 2.65. The number of hydrogen-bond acceptors (Lipinski definition) is 2. The molecule has 2 heteroatoms. The Morgan fingerprint density at radius 2 is 1.91 bits per heavy atom. The highest BCUT2D eigenvalue weighted by atomic mass is 16.3. The molecule has 0 aliphatic heterocycles. The first-order valence-electron chi connectivity index (χ1n) is 9.21. The predicted molar refractivity (Wildman–Crippen MR) is 91.9 cm³/mol. The van der Waals surface area contributed by atoms with Crippen molar-refractivity contribution in [3.05, 3.63) is 36.1 Å². The van der Waals surface area contributed by atoms with Gasteiger partial charge < -0.3 is 5.11 Å². The predicted octanol–water partition coefficient (Wildman–Crippen LogP) is 5.13. The third kappa shape index (κ3) is 1.78. The molecular weight excluding hydrogens is 284 g/mol. The fraction of sp³-hybridized carbons (Fsp3) is 0.667. The molecule has 4 aliphatic carbocycles. The second kappa shape index (κ2) is 4.84. The lowest BCUT2D eigenvalue weighted by atomic mass is 9.46. The standard InChI is InChI=1S/C21H28O2/c1-4-21-12-9-13(2)19(23)17(21)6-5-14-15-7-8-18(22)20(15,3)11-10-16(14)21/h4,14-16,23H,1-2,5-12H2,3H3/t14-,15-,16-,20-,21+/m0/s1. The Labute approximate surface area is 139 Å². The number of aliphatic hydroxyl groups excluding tert-OH is 1. The first-order valence-corrected chi connectivity index (χ1v) is 9.21. The molecular formula is C21H28O2. The zero-order valence-corrected chi connectivity index (χ0v) is 14.2. The van der Waals surface area contributed by atoms with Crippen LogP contribution in [0.1, 0.15) is 58.3 Å². The van der Waals surface area contributed by atoms with Crippen LogP contribution in [0, 0.1) is 28.6 Å². The number of hydrogen-bond donors (Lipinski definition) is 1. The van der Waals surface area contributed by atoms with Crippen LogP contribution in [0.4, 0.5) is 0 Å². The molecule has 0 aromatic carbocycles. The summed E-state index contributed by atoms with van der Waals surface area (Å²) < 4.78 is 0. The van der Waals surface area contributed by atoms with E-state index >= 15 is 0 Å². The van der Waals surface area contributed by atoms with Gasteiger partial charge in [0.05, 0.1) is 0 Å². The van der Waals surface area contributed by atoms with Crippen LogP contribution in [0.3, 0.4) is 0 Å². The molecule has 0 heterocycles. The van der Waals surface area contributed by atoms with Crippen LogP contribution in [0.2, 0.25) is 0 Å². The number of ketones is 1. The van der Waals surface area contributed by atoms with Crippen molar-refractivity contribution in [1.82, 2.24) is 0 Å². The van der Waals surface area contributed by atoms with Gasteiger partial charge in [0.2, 0.25) is 0 Å². The van der Waals surface area contributed by atoms with Crippen molar-refractivity contribution in [2.75, 3.05) is 0 Å². The Balaban J connectivity index is 1.77. The summed E-state index contributed by atoms with van der Waals surface area (Å²) in [6, 6.07) is 0. The molecule has 0 bridgehead atoms. The fourth-order valence-electron chi connectivity index (χ4n) is 6.61. The van der Waals surface area contributed by atoms with Crippen LogP contribution in [0.5, 0.6) is 0 Å². The highest BCUT2D eigenvalue weighted by molar-refractivity contribution is 5.87. The minimum atomic E-state index is -0.0783. The van der Waals surface area contributed by atoms with Gasteiger partial charge in [-0.15, -0.1) is 6.58 Å². The van der Waals surface area contributed by atoms with Crippen molar-refractivity contribution < 1.29 is 9.90 Å². The van der Waals surface area contributed by atoms with Gasteiger partial charge in [0, 0.05) is 17.3 Å². The number of Topliss-reactive ketones (excluding diaryl/α,β-unsaturated/α-hetero) is 1. The first kappa shape index (κ1) is 15.2. The lowest BCUT2D eigenvalue weighted by molar-refractivity contribution is -0.131. The summed E-state index contributed by atoms with van der Waals surface area (Å²) in [5.41, 5.74) is 1.96. The SMILES string of the molecule is C=C[C@]12CCC(=C)C(O)=C1CC[C@@H]1[C@@H]2CC[C@]2(C)C(=O)CC[C@@H]12. The van der Waals surface area contributed by atoms with Gasteiger partial charge in [-0.05, 0) is 73.8 Å². The molecule has 5 atom stereocenters. The normalized spacial score (nSPS) is 46.2. The number of aliphatic hydroxyl groups is 1. The molecule has 0 amide bonds. The van der Waals surface area contributed by atoms with E-state index in [4.69, 9.17) is 0 Å². The molecule has 0 radical (unpaired) electrons. The number of carbonyl (C=O) groups excluding carboxylic acids is 1. The van der Waals surface area contributed by atoms with E-state index in [1.807, 2.05) is 0 Å². The second-order valence-electron chi connectivity index (χ2n) is 8.51. The molecule has 0 aromatic rings. The molecule has 0 saturated heterocycles. The van der Waals surface area contributed by atoms with Crippen LogP contribution in [0.25, 0.3) is 0 Å². The molecule has 0 aromatic heterocycles. The van der Waals surface area contributed by atoms with Crippen molar-refractivity contribution in [3.63, 3.8) is 0 Å². The third-order valence-corrected chi connectivity index (χ3v) is 7.92. The van der Waals surface area contributed by atoms with Gasteiger partial charge in [-0.3, -0.25) is 4.79 Å². The molecule has 4 aliphatic rings. The molecule has 4 rings (SSSR count). The van der Waals surface area contributed by atoms with Crippen LogP contribution < -0.4 is 0 Å². The van der Waals surface area contributed by atoms with Crippen LogP contribution >= 0.6 is 0 Å². The van der Waals surface area contributed by atoms with E-state index < -0.39 is 0 Å². The quantitative estimate of drug-likeness (QED) is 0.682. The number of carbonyl (C=O) groups is 1. The monoisotopic (exact) mass is 312 g/mol. The van der Waals surface area contributed by atoms with Crippen molar-refractivity contribution >= 4 is 5.78 Å². The lowest BCUT2D eigenvalue weighted by Gasteiger charge is -2.57. The maximum Gasteiger partial charge on any atom is 0.139 e. The summed E-state index contributed by atoms with van der Waals surface area (Å²) in [5, 5.41) is 10.6. The Morgan fingerprint density at radius 3 is 2.65 bits per heavy atom. The van der Waals surface area contributed by atoms with Gasteiger partial charge in [0.15, 0.2) is 0 Å². The summed E-state index contributed by atoms with van der Waals surface area (Å²) in [4.78, 5) is 12.5. The van der Waals surface area contributed by atoms with Crippen molar-refractivity contribution in [2.45, 2.75) is 58.3 Å². The molecule has 0 unspecified atom stereocenters. The Morgan fingerprint density at radius 1 is 1.13 bits per heavy atom. The average molecular weight is 312 g/mol. The minimum Gasteiger partial charge on any atom is -0.508 e. The number of allylic oxidation sites excluding steroid dienone is 3. The van der Waals surface area contributed by atoms with Gasteiger partial charge in [-0.25, -0.2) is 0 Å². The summed E-state index contributed by atoms with van der Waals surface area (Å²) in [5.74, 6) is 2.66. The van der Waals surface area contributed by atoms with E-state index in [0.717, 1.165) is 56.9 Å². The maximum atomic E-state index is 12.5. The second-order valence-corrected chi connectivity index (χ2v) is 8.51. The van der Waals surface area contributed by atoms with Crippen molar-refractivity contribution in [2.24, 2.45) is 28.6 Å². The molecule has 3 saturated carbocycles. The van der Waals surface area contributed by atoms with Crippen molar-refractivity contribution in [3.8, 4) is 0 Å². The molecule has 2 nitrogen and oxygen atoms in total. The van der Waals surface area contributed by atoms with E-state index in [0.29, 0.717) is 29.3 Å². The molecule has 23 heavy (non-hydrogen) atoms. The molecule has 3 fully saturated rings. The van der Waals surface area contributed by atoms with E-state index in [2.05, 4.69) is 26.2 Å². The zero-order valence-electron chi connectivity index (χ0n) is 14.2. The van der Waals surface area contributed by atoms with Crippen LogP contribution in [-0.2, 0) is 4.79 Å². The molecule has 0 spiro atoms. The molecule has 1 N–H and O–H groups in total. The zero-order chi connectivity index (χ0) is 16.4. The Hall–Kier alpha value is -1.31. The minimum absolute atomic E-state index is 0.0544. The summed E-state index contributed by atoms with van der Waals surface area (Å²) in [7, 11) is 0. The average Bonchev–Trinajstić information content (AvgIpc) is 2.86. The van der Waals surface area contributed by atoms with E-state index in [9.17, 15) is 9.90 Å². The lowest BCUT2D eigenvalue weighted by Crippen LogP contribution is -2.51. The van der Waals surface area contributed by atoms with Gasteiger partial charge in [0.1, 0.15) is 11.5 Å². The number of rotatable bonds is 1. The number of fused-ring (bicyclic) bond motifs is 5. The summed E-state index contributed by atoms with van der Waals surface area (Å²) in [6.45, 7) is 10.4. The Bertz CT molecular complexity index is 628. The highest BCUT2D eigenvalue weighted by Gasteiger charge is 2.59. The first-order chi connectivity index (χ1) is 10.9. The summed E-state index contributed by atoms with van der Waals surface area (Å²) in [6.07, 6.45) is 10.0. The van der Waals surface area contributed by atoms with E-state index in [1.54, 1.807) is 0 Å². The van der Waals surface area contributed by atoms with Crippen LogP contribution in [-0.4, -0.2) is 10.9 Å². The van der Waals surface area contributed by atoms with Gasteiger partial charge in [-0.2, -0.15) is 0 Å². The molecule has 124 valence electrons. The smallest absolute Gasteiger partial charge is 0.139 e. The topological polar surface area (TPSA) is 37.3 Å². The van der Waals surface area contributed by atoms with Gasteiger partial charge in [0.25, 0.3) is 0 Å². The van der Waals surface area contributed by atoms with Gasteiger partial charge >= 0.3 is 0 Å².